The Balaban J connectivity index is 2.98. The molecule has 0 unspecified atom stereocenters. The highest BCUT2D eigenvalue weighted by molar-refractivity contribution is 7.89. The van der Waals surface area contributed by atoms with Crippen LogP contribution in [0, 0.1) is 0 Å². The number of rotatable bonds is 7. The Bertz CT molecular complexity index is 641. The third-order valence-electron chi connectivity index (χ3n) is 2.70. The van der Waals surface area contributed by atoms with E-state index in [1.807, 2.05) is 0 Å². The minimum Gasteiger partial charge on any atom is -0.484 e. The van der Waals surface area contributed by atoms with Crippen molar-refractivity contribution >= 4 is 16.0 Å². The normalized spacial score (nSPS) is 12.7. The van der Waals surface area contributed by atoms with Gasteiger partial charge in [0, 0.05) is 6.04 Å². The molecule has 0 fully saturated rings. The molecule has 0 bridgehead atoms. The molecule has 1 rings (SSSR count). The van der Waals surface area contributed by atoms with Crippen LogP contribution in [-0.4, -0.2) is 49.2 Å². The first-order valence-electron chi connectivity index (χ1n) is 6.47. The molecule has 0 atom stereocenters. The fourth-order valence-electron chi connectivity index (χ4n) is 1.69. The van der Waals surface area contributed by atoms with Crippen LogP contribution in [0.15, 0.2) is 29.2 Å². The number of carboxylic acids is 1. The van der Waals surface area contributed by atoms with Gasteiger partial charge in [0.25, 0.3) is 0 Å². The third-order valence-corrected chi connectivity index (χ3v) is 4.74. The average Bonchev–Trinajstić information content (AvgIpc) is 2.41. The van der Waals surface area contributed by atoms with Crippen molar-refractivity contribution in [2.24, 2.45) is 0 Å². The predicted molar refractivity (Wildman–Crippen MR) is 74.7 cm³/mol. The lowest BCUT2D eigenvalue weighted by Gasteiger charge is -2.24. The molecule has 0 aromatic heterocycles. The number of sulfonamides is 1. The van der Waals surface area contributed by atoms with Crippen molar-refractivity contribution in [3.63, 3.8) is 0 Å². The Hall–Kier alpha value is -1.81. The molecule has 1 aromatic rings. The van der Waals surface area contributed by atoms with Crippen LogP contribution in [0.4, 0.5) is 13.2 Å². The Morgan fingerprint density at radius 1 is 1.26 bits per heavy atom. The molecule has 0 heterocycles. The van der Waals surface area contributed by atoms with Crippen molar-refractivity contribution in [1.82, 2.24) is 4.31 Å². The topological polar surface area (TPSA) is 83.9 Å². The molecular formula is C13H16F3NO5S. The van der Waals surface area contributed by atoms with E-state index in [1.54, 1.807) is 0 Å². The van der Waals surface area contributed by atoms with E-state index in [-0.39, 0.29) is 10.6 Å². The van der Waals surface area contributed by atoms with Crippen LogP contribution in [0.2, 0.25) is 0 Å². The zero-order valence-electron chi connectivity index (χ0n) is 12.4. The third kappa shape index (κ3) is 5.71. The van der Waals surface area contributed by atoms with E-state index < -0.39 is 41.4 Å². The van der Waals surface area contributed by atoms with Gasteiger partial charge in [-0.2, -0.15) is 17.5 Å². The Morgan fingerprint density at radius 3 is 2.17 bits per heavy atom. The van der Waals surface area contributed by atoms with Crippen LogP contribution >= 0.6 is 0 Å². The molecule has 0 aliphatic rings. The molecule has 23 heavy (non-hydrogen) atoms. The van der Waals surface area contributed by atoms with Crippen LogP contribution in [0.3, 0.4) is 0 Å². The first-order chi connectivity index (χ1) is 10.4. The van der Waals surface area contributed by atoms with Gasteiger partial charge in [-0.05, 0) is 38.1 Å². The fraction of sp³-hybridized carbons (Fsp3) is 0.462. The first-order valence-corrected chi connectivity index (χ1v) is 7.91. The maximum absolute atomic E-state index is 12.4. The van der Waals surface area contributed by atoms with Gasteiger partial charge in [-0.15, -0.1) is 0 Å². The summed E-state index contributed by atoms with van der Waals surface area (Å²) in [4.78, 5) is 10.6. The largest absolute Gasteiger partial charge is 0.484 e. The molecule has 0 aliphatic carbocycles. The van der Waals surface area contributed by atoms with Crippen LogP contribution in [0.5, 0.6) is 5.75 Å². The molecule has 6 nitrogen and oxygen atoms in total. The van der Waals surface area contributed by atoms with Crippen molar-refractivity contribution in [3.8, 4) is 5.75 Å². The van der Waals surface area contributed by atoms with Gasteiger partial charge in [0.1, 0.15) is 12.3 Å². The van der Waals surface area contributed by atoms with Gasteiger partial charge in [0.15, 0.2) is 6.61 Å². The smallest absolute Gasteiger partial charge is 0.422 e. The number of ether oxygens (including phenoxy) is 1. The maximum Gasteiger partial charge on any atom is 0.422 e. The second-order valence-electron chi connectivity index (χ2n) is 4.91. The molecule has 1 aromatic carbocycles. The lowest BCUT2D eigenvalue weighted by atomic mass is 10.3. The van der Waals surface area contributed by atoms with Gasteiger partial charge < -0.3 is 9.84 Å². The Labute approximate surface area is 131 Å². The highest BCUT2D eigenvalue weighted by Gasteiger charge is 2.30. The minimum atomic E-state index is -4.50. The summed E-state index contributed by atoms with van der Waals surface area (Å²) in [5.41, 5.74) is 0. The van der Waals surface area contributed by atoms with Crippen molar-refractivity contribution < 1.29 is 36.2 Å². The number of hydrogen-bond acceptors (Lipinski definition) is 4. The molecule has 0 spiro atoms. The van der Waals surface area contributed by atoms with Gasteiger partial charge in [0.05, 0.1) is 4.90 Å². The molecule has 0 saturated carbocycles. The SMILES string of the molecule is CC(C)N(CC(=O)O)S(=O)(=O)c1ccc(OCC(F)(F)F)cc1. The van der Waals surface area contributed by atoms with Crippen molar-refractivity contribution in [2.75, 3.05) is 13.2 Å². The summed E-state index contributed by atoms with van der Waals surface area (Å²) in [6.07, 6.45) is -4.50. The quantitative estimate of drug-likeness (QED) is 0.810. The van der Waals surface area contributed by atoms with Gasteiger partial charge in [-0.25, -0.2) is 8.42 Å². The zero-order chi connectivity index (χ0) is 17.8. The number of carbonyl (C=O) groups is 1. The highest BCUT2D eigenvalue weighted by Crippen LogP contribution is 2.23. The van der Waals surface area contributed by atoms with Crippen LogP contribution in [0.1, 0.15) is 13.8 Å². The van der Waals surface area contributed by atoms with Crippen molar-refractivity contribution in [1.29, 1.82) is 0 Å². The summed E-state index contributed by atoms with van der Waals surface area (Å²) < 4.78 is 66.1. The molecule has 0 amide bonds. The highest BCUT2D eigenvalue weighted by atomic mass is 32.2. The monoisotopic (exact) mass is 355 g/mol. The Morgan fingerprint density at radius 2 is 1.78 bits per heavy atom. The summed E-state index contributed by atoms with van der Waals surface area (Å²) in [5, 5.41) is 8.80. The lowest BCUT2D eigenvalue weighted by molar-refractivity contribution is -0.153. The molecular weight excluding hydrogens is 339 g/mol. The number of hydrogen-bond donors (Lipinski definition) is 1. The average molecular weight is 355 g/mol. The van der Waals surface area contributed by atoms with E-state index in [0.29, 0.717) is 0 Å². The number of nitrogens with zero attached hydrogens (tertiary/aromatic N) is 1. The van der Waals surface area contributed by atoms with E-state index in [9.17, 15) is 26.4 Å². The van der Waals surface area contributed by atoms with E-state index in [2.05, 4.69) is 4.74 Å². The molecule has 130 valence electrons. The maximum atomic E-state index is 12.4. The summed E-state index contributed by atoms with van der Waals surface area (Å²) in [5.74, 6) is -1.46. The fourth-order valence-corrected chi connectivity index (χ4v) is 3.27. The van der Waals surface area contributed by atoms with Gasteiger partial charge >= 0.3 is 12.1 Å². The van der Waals surface area contributed by atoms with Crippen molar-refractivity contribution in [2.45, 2.75) is 31.0 Å². The summed E-state index contributed by atoms with van der Waals surface area (Å²) in [6.45, 7) is 0.825. The number of carboxylic acid groups (broad SMARTS) is 1. The number of halogens is 3. The van der Waals surface area contributed by atoms with Crippen LogP contribution in [-0.2, 0) is 14.8 Å². The molecule has 1 N–H and O–H groups in total. The standard InChI is InChI=1S/C13H16F3NO5S/c1-9(2)17(7-12(18)19)23(20,21)11-5-3-10(4-6-11)22-8-13(14,15)16/h3-6,9H,7-8H2,1-2H3,(H,18,19). The second-order valence-corrected chi connectivity index (χ2v) is 6.80. The molecule has 10 heteroatoms. The van der Waals surface area contributed by atoms with E-state index in [4.69, 9.17) is 5.11 Å². The van der Waals surface area contributed by atoms with Gasteiger partial charge in [0.2, 0.25) is 10.0 Å². The van der Waals surface area contributed by atoms with Gasteiger partial charge in [-0.1, -0.05) is 0 Å². The van der Waals surface area contributed by atoms with E-state index in [1.165, 1.54) is 13.8 Å². The van der Waals surface area contributed by atoms with Crippen LogP contribution < -0.4 is 4.74 Å². The minimum absolute atomic E-state index is 0.143. The molecule has 0 saturated heterocycles. The second kappa shape index (κ2) is 7.18. The zero-order valence-corrected chi connectivity index (χ0v) is 13.2. The summed E-state index contributed by atoms with van der Waals surface area (Å²) >= 11 is 0. The lowest BCUT2D eigenvalue weighted by Crippen LogP contribution is -2.40. The van der Waals surface area contributed by atoms with E-state index >= 15 is 0 Å². The van der Waals surface area contributed by atoms with Gasteiger partial charge in [-0.3, -0.25) is 4.79 Å². The van der Waals surface area contributed by atoms with E-state index in [0.717, 1.165) is 28.6 Å². The number of aliphatic carboxylic acids is 1. The van der Waals surface area contributed by atoms with Crippen LogP contribution in [0.25, 0.3) is 0 Å². The number of benzene rings is 1. The number of alkyl halides is 3. The predicted octanol–water partition coefficient (Wildman–Crippen LogP) is 2.11. The molecule has 0 aliphatic heterocycles. The summed E-state index contributed by atoms with van der Waals surface area (Å²) in [7, 11) is -4.08. The molecule has 0 radical (unpaired) electrons. The Kier molecular flexibility index (Phi) is 6.00. The summed E-state index contributed by atoms with van der Waals surface area (Å²) in [6, 6.07) is 3.70. The van der Waals surface area contributed by atoms with Crippen molar-refractivity contribution in [3.05, 3.63) is 24.3 Å². The first kappa shape index (κ1) is 19.2.